The summed E-state index contributed by atoms with van der Waals surface area (Å²) in [5.41, 5.74) is -0.904. The van der Waals surface area contributed by atoms with E-state index < -0.39 is 5.56 Å². The van der Waals surface area contributed by atoms with Crippen molar-refractivity contribution < 1.29 is 5.11 Å². The molecule has 1 unspecified atom stereocenters. The van der Waals surface area contributed by atoms with E-state index in [9.17, 15) is 0 Å². The highest BCUT2D eigenvalue weighted by atomic mass is 35.5. The molecule has 1 nitrogen and oxygen atoms in total. The third-order valence-electron chi connectivity index (χ3n) is 1.35. The van der Waals surface area contributed by atoms with Gasteiger partial charge in [0.25, 0.3) is 0 Å². The van der Waals surface area contributed by atoms with Gasteiger partial charge in [0.05, 0.1) is 9.75 Å². The van der Waals surface area contributed by atoms with Crippen LogP contribution in [0.2, 0.25) is 0 Å². The lowest BCUT2D eigenvalue weighted by atomic mass is 10.4. The molecule has 15 heavy (non-hydrogen) atoms. The number of terminal acetylenes is 1. The van der Waals surface area contributed by atoms with Crippen LogP contribution in [-0.4, -0.2) is 10.7 Å². The molecule has 0 spiro atoms. The van der Waals surface area contributed by atoms with Crippen molar-refractivity contribution in [1.82, 2.24) is 0 Å². The molecule has 0 aliphatic heterocycles. The Morgan fingerprint density at radius 2 is 2.07 bits per heavy atom. The van der Waals surface area contributed by atoms with Gasteiger partial charge >= 0.3 is 0 Å². The molecule has 0 aliphatic carbocycles. The van der Waals surface area contributed by atoms with Crippen molar-refractivity contribution in [2.45, 2.75) is 12.0 Å². The Bertz CT molecular complexity index is 485. The SMILES string of the molecule is C#CC#Cc1ccc(C#CCC(O)Cl)s1. The van der Waals surface area contributed by atoms with Crippen molar-refractivity contribution in [3.63, 3.8) is 0 Å². The van der Waals surface area contributed by atoms with Crippen LogP contribution < -0.4 is 0 Å². The number of aliphatic hydroxyl groups excluding tert-OH is 1. The molecule has 0 radical (unpaired) electrons. The van der Waals surface area contributed by atoms with Gasteiger partial charge in [0, 0.05) is 6.42 Å². The largest absolute Gasteiger partial charge is 0.377 e. The average molecular weight is 235 g/mol. The number of rotatable bonds is 1. The maximum Gasteiger partial charge on any atom is 0.138 e. The zero-order valence-electron chi connectivity index (χ0n) is 7.75. The Balaban J connectivity index is 2.68. The zero-order valence-corrected chi connectivity index (χ0v) is 9.32. The van der Waals surface area contributed by atoms with Crippen LogP contribution in [0.1, 0.15) is 16.2 Å². The van der Waals surface area contributed by atoms with E-state index in [0.29, 0.717) is 0 Å². The second-order valence-corrected chi connectivity index (χ2v) is 4.09. The molecule has 74 valence electrons. The average Bonchev–Trinajstić information content (AvgIpc) is 2.62. The van der Waals surface area contributed by atoms with Crippen LogP contribution in [-0.2, 0) is 0 Å². The summed E-state index contributed by atoms with van der Waals surface area (Å²) in [5.74, 6) is 13.2. The Morgan fingerprint density at radius 3 is 2.67 bits per heavy atom. The molecule has 0 bridgehead atoms. The predicted molar refractivity (Wildman–Crippen MR) is 63.4 cm³/mol. The highest BCUT2D eigenvalue weighted by molar-refractivity contribution is 7.13. The quantitative estimate of drug-likeness (QED) is 0.583. The fourth-order valence-corrected chi connectivity index (χ4v) is 1.60. The molecular formula is C12H7ClOS. The van der Waals surface area contributed by atoms with E-state index in [1.165, 1.54) is 11.3 Å². The molecule has 3 heteroatoms. The van der Waals surface area contributed by atoms with Crippen LogP contribution in [0, 0.1) is 36.0 Å². The van der Waals surface area contributed by atoms with Gasteiger partial charge in [0.2, 0.25) is 0 Å². The number of hydrogen-bond acceptors (Lipinski definition) is 2. The number of aliphatic hydroxyl groups is 1. The predicted octanol–water partition coefficient (Wildman–Crippen LogP) is 2.03. The second kappa shape index (κ2) is 6.18. The monoisotopic (exact) mass is 234 g/mol. The smallest absolute Gasteiger partial charge is 0.138 e. The minimum absolute atomic E-state index is 0.255. The summed E-state index contributed by atoms with van der Waals surface area (Å²) in [6, 6.07) is 3.72. The molecule has 0 fully saturated rings. The number of alkyl halides is 1. The Morgan fingerprint density at radius 1 is 1.40 bits per heavy atom. The summed E-state index contributed by atoms with van der Waals surface area (Å²) in [5, 5.41) is 8.77. The topological polar surface area (TPSA) is 20.2 Å². The summed E-state index contributed by atoms with van der Waals surface area (Å²) >= 11 is 6.79. The van der Waals surface area contributed by atoms with E-state index in [1.54, 1.807) is 0 Å². The highest BCUT2D eigenvalue weighted by Crippen LogP contribution is 2.13. The molecule has 0 amide bonds. The van der Waals surface area contributed by atoms with Crippen LogP contribution in [0.4, 0.5) is 0 Å². The van der Waals surface area contributed by atoms with Gasteiger partial charge in [-0.2, -0.15) is 0 Å². The van der Waals surface area contributed by atoms with Crippen molar-refractivity contribution in [3.05, 3.63) is 21.9 Å². The van der Waals surface area contributed by atoms with Crippen molar-refractivity contribution >= 4 is 22.9 Å². The fourth-order valence-electron chi connectivity index (χ4n) is 0.792. The van der Waals surface area contributed by atoms with Crippen molar-refractivity contribution in [3.8, 4) is 36.0 Å². The molecule has 1 heterocycles. The van der Waals surface area contributed by atoms with Gasteiger partial charge in [0.15, 0.2) is 0 Å². The summed E-state index contributed by atoms with van der Waals surface area (Å²) in [6.07, 6.45) is 5.26. The molecule has 1 N–H and O–H groups in total. The van der Waals surface area contributed by atoms with E-state index in [-0.39, 0.29) is 6.42 Å². The molecule has 1 aromatic heterocycles. The van der Waals surface area contributed by atoms with Gasteiger partial charge in [-0.1, -0.05) is 23.4 Å². The van der Waals surface area contributed by atoms with Gasteiger partial charge in [-0.05, 0) is 29.9 Å². The molecule has 0 saturated heterocycles. The van der Waals surface area contributed by atoms with Crippen molar-refractivity contribution in [1.29, 1.82) is 0 Å². The summed E-state index contributed by atoms with van der Waals surface area (Å²) in [7, 11) is 0. The first-order chi connectivity index (χ1) is 7.22. The molecule has 0 saturated carbocycles. The van der Waals surface area contributed by atoms with E-state index in [2.05, 4.69) is 29.6 Å². The van der Waals surface area contributed by atoms with Crippen molar-refractivity contribution in [2.75, 3.05) is 0 Å². The number of halogens is 1. The Hall–Kier alpha value is -1.37. The maximum absolute atomic E-state index is 8.77. The second-order valence-electron chi connectivity index (χ2n) is 2.50. The number of thiophene rings is 1. The molecule has 1 atom stereocenters. The van der Waals surface area contributed by atoms with E-state index >= 15 is 0 Å². The zero-order chi connectivity index (χ0) is 11.1. The summed E-state index contributed by atoms with van der Waals surface area (Å²) in [6.45, 7) is 0. The van der Waals surface area contributed by atoms with Gasteiger partial charge in [-0.15, -0.1) is 17.8 Å². The highest BCUT2D eigenvalue weighted by Gasteiger charge is 1.94. The van der Waals surface area contributed by atoms with Gasteiger partial charge in [0.1, 0.15) is 5.56 Å². The maximum atomic E-state index is 8.77. The minimum atomic E-state index is -0.904. The van der Waals surface area contributed by atoms with E-state index in [0.717, 1.165) is 9.75 Å². The normalized spacial score (nSPS) is 10.2. The first kappa shape index (κ1) is 11.7. The molecule has 0 aromatic carbocycles. The first-order valence-electron chi connectivity index (χ1n) is 4.10. The Kier molecular flexibility index (Phi) is 4.82. The van der Waals surface area contributed by atoms with Gasteiger partial charge in [-0.3, -0.25) is 0 Å². The lowest BCUT2D eigenvalue weighted by Gasteiger charge is -1.89. The van der Waals surface area contributed by atoms with Crippen LogP contribution in [0.15, 0.2) is 12.1 Å². The van der Waals surface area contributed by atoms with E-state index in [1.807, 2.05) is 12.1 Å². The van der Waals surface area contributed by atoms with Crippen molar-refractivity contribution in [2.24, 2.45) is 0 Å². The van der Waals surface area contributed by atoms with E-state index in [4.69, 9.17) is 23.1 Å². The molecule has 1 rings (SSSR count). The third kappa shape index (κ3) is 4.59. The summed E-state index contributed by atoms with van der Waals surface area (Å²) in [4.78, 5) is 1.76. The van der Waals surface area contributed by atoms with Gasteiger partial charge < -0.3 is 5.11 Å². The lowest BCUT2D eigenvalue weighted by molar-refractivity contribution is 0.262. The molecule has 1 aromatic rings. The first-order valence-corrected chi connectivity index (χ1v) is 5.35. The Labute approximate surface area is 98.1 Å². The van der Waals surface area contributed by atoms with Crippen LogP contribution >= 0.6 is 22.9 Å². The summed E-state index contributed by atoms with van der Waals surface area (Å²) < 4.78 is 0. The molecular weight excluding hydrogens is 228 g/mol. The standard InChI is InChI=1S/C12H7ClOS/c1-2-3-5-10-8-9-11(15-10)6-4-7-12(13)14/h1,8-9,12,14H,7H2. The fraction of sp³-hybridized carbons (Fsp3) is 0.167. The van der Waals surface area contributed by atoms with Crippen LogP contribution in [0.5, 0.6) is 0 Å². The van der Waals surface area contributed by atoms with Crippen LogP contribution in [0.25, 0.3) is 0 Å². The number of hydrogen-bond donors (Lipinski definition) is 1. The lowest BCUT2D eigenvalue weighted by Crippen LogP contribution is -1.90. The third-order valence-corrected chi connectivity index (χ3v) is 2.42. The minimum Gasteiger partial charge on any atom is -0.377 e. The van der Waals surface area contributed by atoms with Crippen LogP contribution in [0.3, 0.4) is 0 Å². The molecule has 0 aliphatic rings. The van der Waals surface area contributed by atoms with Gasteiger partial charge in [-0.25, -0.2) is 0 Å².